The van der Waals surface area contributed by atoms with E-state index in [1.165, 1.54) is 6.26 Å². The highest BCUT2D eigenvalue weighted by Crippen LogP contribution is 2.24. The number of nitrogens with one attached hydrogen (secondary N) is 1. The molecule has 0 unspecified atom stereocenters. The van der Waals surface area contributed by atoms with Crippen molar-refractivity contribution in [3.05, 3.63) is 88.1 Å². The molecule has 0 aliphatic rings. The van der Waals surface area contributed by atoms with Gasteiger partial charge in [0.15, 0.2) is 11.2 Å². The van der Waals surface area contributed by atoms with Gasteiger partial charge in [-0.2, -0.15) is 4.98 Å². The van der Waals surface area contributed by atoms with Crippen molar-refractivity contribution in [2.75, 3.05) is 12.0 Å². The number of imidazole rings is 1. The quantitative estimate of drug-likeness (QED) is 0.301. The zero-order valence-corrected chi connectivity index (χ0v) is 19.2. The number of nitrogens with zero attached hydrogens (tertiary/aromatic N) is 5. The number of fused-ring (bicyclic) bond motifs is 1. The molecule has 35 heavy (non-hydrogen) atoms. The van der Waals surface area contributed by atoms with Crippen molar-refractivity contribution in [2.45, 2.75) is 19.5 Å². The lowest BCUT2D eigenvalue weighted by Gasteiger charge is -2.15. The van der Waals surface area contributed by atoms with E-state index in [0.29, 0.717) is 52.5 Å². The summed E-state index contributed by atoms with van der Waals surface area (Å²) >= 11 is 6.04. The fourth-order valence-corrected chi connectivity index (χ4v) is 3.75. The maximum absolute atomic E-state index is 12.9. The number of rotatable bonds is 9. The standard InChI is InChI=1S/C24H20ClFN6O3/c25-17-4-2-16(3-5-17)14-32-22-21(31(15-27-22)12-1-11-26)23(33)29-24(32)28-18-6-8-19(9-7-18)35-20-10-13-34-30-20/h2-10,13,15H,1,11-12,14H2,(H,28,29,33). The number of hydrogen-bond acceptors (Lipinski definition) is 7. The van der Waals surface area contributed by atoms with Crippen LogP contribution in [0.4, 0.5) is 16.0 Å². The summed E-state index contributed by atoms with van der Waals surface area (Å²) in [4.78, 5) is 21.7. The van der Waals surface area contributed by atoms with E-state index in [9.17, 15) is 9.18 Å². The Labute approximate surface area is 203 Å². The van der Waals surface area contributed by atoms with Gasteiger partial charge in [-0.25, -0.2) is 4.98 Å². The predicted molar refractivity (Wildman–Crippen MR) is 129 cm³/mol. The molecule has 9 nitrogen and oxygen atoms in total. The van der Waals surface area contributed by atoms with Crippen molar-refractivity contribution >= 4 is 34.4 Å². The van der Waals surface area contributed by atoms with Gasteiger partial charge in [0.1, 0.15) is 12.0 Å². The summed E-state index contributed by atoms with van der Waals surface area (Å²) < 4.78 is 26.6. The molecule has 178 valence electrons. The van der Waals surface area contributed by atoms with Gasteiger partial charge in [-0.05, 0) is 53.5 Å². The number of ether oxygens (including phenoxy) is 1. The first-order valence-electron chi connectivity index (χ1n) is 10.8. The van der Waals surface area contributed by atoms with Crippen LogP contribution in [0.25, 0.3) is 11.2 Å². The lowest BCUT2D eigenvalue weighted by molar-refractivity contribution is 0.367. The third-order valence-corrected chi connectivity index (χ3v) is 5.53. The highest BCUT2D eigenvalue weighted by molar-refractivity contribution is 6.30. The Morgan fingerprint density at radius 2 is 1.89 bits per heavy atom. The Hall–Kier alpha value is -4.18. The summed E-state index contributed by atoms with van der Waals surface area (Å²) in [6, 6.07) is 16.1. The molecule has 0 aliphatic carbocycles. The monoisotopic (exact) mass is 494 g/mol. The molecule has 2 aromatic carbocycles. The van der Waals surface area contributed by atoms with E-state index in [4.69, 9.17) is 20.9 Å². The van der Waals surface area contributed by atoms with Gasteiger partial charge in [0, 0.05) is 23.3 Å². The van der Waals surface area contributed by atoms with E-state index >= 15 is 0 Å². The molecule has 0 spiro atoms. The lowest BCUT2D eigenvalue weighted by Crippen LogP contribution is -2.20. The first-order chi connectivity index (χ1) is 17.1. The van der Waals surface area contributed by atoms with Gasteiger partial charge < -0.3 is 19.1 Å². The number of hydrogen-bond donors (Lipinski definition) is 1. The Bertz CT molecular complexity index is 1480. The molecule has 11 heteroatoms. The number of halogens is 2. The average molecular weight is 495 g/mol. The third-order valence-electron chi connectivity index (χ3n) is 5.27. The Morgan fingerprint density at radius 3 is 2.60 bits per heavy atom. The van der Waals surface area contributed by atoms with Crippen molar-refractivity contribution < 1.29 is 13.7 Å². The van der Waals surface area contributed by atoms with E-state index < -0.39 is 12.2 Å². The molecule has 0 fully saturated rings. The number of benzene rings is 2. The molecule has 0 amide bonds. The van der Waals surface area contributed by atoms with E-state index in [-0.39, 0.29) is 6.42 Å². The van der Waals surface area contributed by atoms with Crippen LogP contribution in [0.1, 0.15) is 12.0 Å². The van der Waals surface area contributed by atoms with Gasteiger partial charge in [-0.3, -0.25) is 13.8 Å². The van der Waals surface area contributed by atoms with Crippen molar-refractivity contribution in [2.24, 2.45) is 0 Å². The largest absolute Gasteiger partial charge is 0.436 e. The first kappa shape index (κ1) is 22.6. The normalized spacial score (nSPS) is 11.1. The zero-order valence-electron chi connectivity index (χ0n) is 18.4. The van der Waals surface area contributed by atoms with Crippen LogP contribution >= 0.6 is 11.6 Å². The van der Waals surface area contributed by atoms with Gasteiger partial charge >= 0.3 is 5.56 Å². The molecular formula is C24H20ClFN6O3. The maximum atomic E-state index is 12.9. The number of alkyl halides is 1. The molecule has 0 atom stereocenters. The fraction of sp³-hybridized carbons (Fsp3) is 0.167. The second kappa shape index (κ2) is 9.98. The van der Waals surface area contributed by atoms with Gasteiger partial charge in [0.2, 0.25) is 5.95 Å². The minimum absolute atomic E-state index is 0.283. The second-order valence-corrected chi connectivity index (χ2v) is 8.13. The van der Waals surface area contributed by atoms with E-state index in [2.05, 4.69) is 20.4 Å². The molecule has 3 heterocycles. The van der Waals surface area contributed by atoms with Gasteiger partial charge in [-0.1, -0.05) is 23.7 Å². The smallest absolute Gasteiger partial charge is 0.300 e. The average Bonchev–Trinajstić information content (AvgIpc) is 3.53. The predicted octanol–water partition coefficient (Wildman–Crippen LogP) is 5.18. The summed E-state index contributed by atoms with van der Waals surface area (Å²) in [5.74, 6) is 1.23. The third kappa shape index (κ3) is 5.02. The number of anilines is 2. The maximum Gasteiger partial charge on any atom is 0.300 e. The molecule has 0 radical (unpaired) electrons. The van der Waals surface area contributed by atoms with Crippen LogP contribution < -0.4 is 15.6 Å². The van der Waals surface area contributed by atoms with Gasteiger partial charge in [0.25, 0.3) is 5.88 Å². The number of aryl methyl sites for hydroxylation is 1. The minimum atomic E-state index is -0.484. The van der Waals surface area contributed by atoms with E-state index in [1.807, 2.05) is 16.7 Å². The van der Waals surface area contributed by atoms with Crippen molar-refractivity contribution in [3.8, 4) is 11.6 Å². The topological polar surface area (TPSA) is 100 Å². The minimum Gasteiger partial charge on any atom is -0.436 e. The van der Waals surface area contributed by atoms with Crippen LogP contribution in [0.15, 0.2) is 76.5 Å². The van der Waals surface area contributed by atoms with E-state index in [1.54, 1.807) is 53.4 Å². The highest BCUT2D eigenvalue weighted by atomic mass is 35.5. The lowest BCUT2D eigenvalue weighted by atomic mass is 10.2. The van der Waals surface area contributed by atoms with Crippen LogP contribution in [-0.4, -0.2) is 30.9 Å². The Morgan fingerprint density at radius 1 is 1.09 bits per heavy atom. The summed E-state index contributed by atoms with van der Waals surface area (Å²) in [5, 5.41) is 7.55. The molecule has 3 aromatic heterocycles. The second-order valence-electron chi connectivity index (χ2n) is 7.70. The molecule has 0 saturated heterocycles. The molecule has 1 N–H and O–H groups in total. The molecular weight excluding hydrogens is 475 g/mol. The van der Waals surface area contributed by atoms with Crippen molar-refractivity contribution in [1.29, 1.82) is 0 Å². The Kier molecular flexibility index (Phi) is 6.44. The molecule has 0 aliphatic heterocycles. The summed E-state index contributed by atoms with van der Waals surface area (Å²) in [7, 11) is 0. The Balaban J connectivity index is 1.50. The number of aromatic nitrogens is 5. The zero-order chi connectivity index (χ0) is 24.2. The van der Waals surface area contributed by atoms with E-state index in [0.717, 1.165) is 5.56 Å². The molecule has 0 saturated carbocycles. The van der Waals surface area contributed by atoms with Gasteiger partial charge in [0.05, 0.1) is 19.5 Å². The van der Waals surface area contributed by atoms with Gasteiger partial charge in [-0.15, -0.1) is 0 Å². The van der Waals surface area contributed by atoms with Crippen LogP contribution in [0.5, 0.6) is 11.6 Å². The first-order valence-corrected chi connectivity index (χ1v) is 11.2. The molecule has 5 aromatic rings. The van der Waals surface area contributed by atoms with Crippen LogP contribution in [0, 0.1) is 0 Å². The summed E-state index contributed by atoms with van der Waals surface area (Å²) in [6.07, 6.45) is 3.25. The van der Waals surface area contributed by atoms with Crippen LogP contribution in [0.3, 0.4) is 0 Å². The summed E-state index contributed by atoms with van der Waals surface area (Å²) in [6.45, 7) is 0.240. The molecule has 5 rings (SSSR count). The van der Waals surface area contributed by atoms with Crippen molar-refractivity contribution in [1.82, 2.24) is 24.3 Å². The van der Waals surface area contributed by atoms with Crippen molar-refractivity contribution in [3.63, 3.8) is 0 Å². The molecule has 0 bridgehead atoms. The van der Waals surface area contributed by atoms with Crippen LogP contribution in [0.2, 0.25) is 5.02 Å². The highest BCUT2D eigenvalue weighted by Gasteiger charge is 2.17. The van der Waals surface area contributed by atoms with Crippen LogP contribution in [-0.2, 0) is 13.1 Å². The fourth-order valence-electron chi connectivity index (χ4n) is 3.63. The summed E-state index contributed by atoms with van der Waals surface area (Å²) in [5.41, 5.74) is 1.96. The SMILES string of the molecule is O=c1nc(Nc2ccc(Oc3ccon3)cc2)n(Cc2ccc(Cl)cc2)c2ncn(CCCF)c12.